The predicted octanol–water partition coefficient (Wildman–Crippen LogP) is 2.92. The van der Waals surface area contributed by atoms with Crippen molar-refractivity contribution in [2.75, 3.05) is 17.7 Å². The normalized spacial score (nSPS) is 23.2. The Balaban J connectivity index is 1.66. The van der Waals surface area contributed by atoms with Crippen LogP contribution in [0.15, 0.2) is 39.9 Å². The molecule has 1 fully saturated rings. The van der Waals surface area contributed by atoms with E-state index < -0.39 is 5.25 Å². The number of hydrogen-bond acceptors (Lipinski definition) is 5. The maximum atomic E-state index is 13.1. The molecule has 1 amide bonds. The van der Waals surface area contributed by atoms with Crippen molar-refractivity contribution in [3.63, 3.8) is 0 Å². The summed E-state index contributed by atoms with van der Waals surface area (Å²) in [5.74, 6) is 0.426. The molecule has 31 heavy (non-hydrogen) atoms. The fourth-order valence-corrected chi connectivity index (χ4v) is 5.67. The highest BCUT2D eigenvalue weighted by atomic mass is 32.2. The smallest absolute Gasteiger partial charge is 0.270 e. The van der Waals surface area contributed by atoms with Crippen molar-refractivity contribution in [3.05, 3.63) is 62.2 Å². The van der Waals surface area contributed by atoms with Crippen LogP contribution in [-0.4, -0.2) is 38.6 Å². The molecular formula is C22H24N4O4S. The Morgan fingerprint density at radius 2 is 1.97 bits per heavy atom. The third-order valence-electron chi connectivity index (χ3n) is 5.96. The standard InChI is InChI=1S/C22H24N4O4S/c1-22(2)10-13(7-8-30-22)26-19-17(21(29)25-26)18(31-11-16(27)24-19)14-9-12-5-3-4-6-15(12)23-20(14)28/h3-6,9,13,18H,7-8,10-11H2,1-2H3,(H,23,28)(H,24,27)(H,25,29)/t13-,18-/m0/s1. The quantitative estimate of drug-likeness (QED) is 0.568. The van der Waals surface area contributed by atoms with Gasteiger partial charge < -0.3 is 15.0 Å². The summed E-state index contributed by atoms with van der Waals surface area (Å²) in [5, 5.41) is 6.17. The van der Waals surface area contributed by atoms with Crippen LogP contribution in [-0.2, 0) is 9.53 Å². The molecule has 0 radical (unpaired) electrons. The molecule has 162 valence electrons. The van der Waals surface area contributed by atoms with E-state index in [2.05, 4.69) is 15.4 Å². The summed E-state index contributed by atoms with van der Waals surface area (Å²) in [4.78, 5) is 41.5. The molecule has 2 aliphatic heterocycles. The van der Waals surface area contributed by atoms with Crippen molar-refractivity contribution in [2.45, 2.75) is 43.6 Å². The van der Waals surface area contributed by atoms with Gasteiger partial charge in [-0.1, -0.05) is 18.2 Å². The van der Waals surface area contributed by atoms with Crippen molar-refractivity contribution in [1.29, 1.82) is 0 Å². The van der Waals surface area contributed by atoms with Crippen molar-refractivity contribution < 1.29 is 9.53 Å². The number of anilines is 1. The zero-order valence-corrected chi connectivity index (χ0v) is 18.2. The monoisotopic (exact) mass is 440 g/mol. The van der Waals surface area contributed by atoms with E-state index in [1.807, 2.05) is 44.2 Å². The minimum Gasteiger partial charge on any atom is -0.375 e. The number of rotatable bonds is 2. The van der Waals surface area contributed by atoms with Gasteiger partial charge in [-0.15, -0.1) is 11.8 Å². The van der Waals surface area contributed by atoms with Crippen LogP contribution >= 0.6 is 11.8 Å². The van der Waals surface area contributed by atoms with Gasteiger partial charge in [0.05, 0.1) is 28.2 Å². The van der Waals surface area contributed by atoms with E-state index in [0.717, 1.165) is 17.3 Å². The largest absolute Gasteiger partial charge is 0.375 e. The second-order valence-corrected chi connectivity index (χ2v) is 9.80. The summed E-state index contributed by atoms with van der Waals surface area (Å²) in [6.07, 6.45) is 1.43. The van der Waals surface area contributed by atoms with Crippen LogP contribution in [0.1, 0.15) is 49.1 Å². The molecule has 2 aromatic heterocycles. The molecule has 0 bridgehead atoms. The molecule has 4 heterocycles. The number of nitrogens with one attached hydrogen (secondary N) is 3. The first-order chi connectivity index (χ1) is 14.8. The number of H-pyrrole nitrogens is 2. The number of benzene rings is 1. The van der Waals surface area contributed by atoms with Crippen molar-refractivity contribution in [3.8, 4) is 0 Å². The Kier molecular flexibility index (Phi) is 4.82. The van der Waals surface area contributed by atoms with Crippen LogP contribution in [0.5, 0.6) is 0 Å². The van der Waals surface area contributed by atoms with Gasteiger partial charge in [-0.3, -0.25) is 24.2 Å². The summed E-state index contributed by atoms with van der Waals surface area (Å²) < 4.78 is 7.59. The van der Waals surface area contributed by atoms with E-state index in [4.69, 9.17) is 4.74 Å². The van der Waals surface area contributed by atoms with E-state index in [1.165, 1.54) is 11.8 Å². The zero-order chi connectivity index (χ0) is 21.8. The molecule has 5 rings (SSSR count). The zero-order valence-electron chi connectivity index (χ0n) is 17.4. The average Bonchev–Trinajstić information content (AvgIpc) is 2.93. The Labute approximate surface area is 182 Å². The fraction of sp³-hybridized carbons (Fsp3) is 0.409. The molecule has 0 saturated carbocycles. The van der Waals surface area contributed by atoms with Gasteiger partial charge in [0.1, 0.15) is 5.82 Å². The number of fused-ring (bicyclic) bond motifs is 2. The first kappa shape index (κ1) is 20.1. The molecule has 3 aromatic rings. The van der Waals surface area contributed by atoms with Gasteiger partial charge in [-0.05, 0) is 44.2 Å². The lowest BCUT2D eigenvalue weighted by molar-refractivity contribution is -0.113. The number of hydrogen-bond donors (Lipinski definition) is 3. The molecule has 1 aromatic carbocycles. The Morgan fingerprint density at radius 3 is 2.77 bits per heavy atom. The SMILES string of the molecule is CC1(C)C[C@@H](n2[nH]c(=O)c3c2NC(=O)CS[C@H]3c2cc3ccccc3[nH]c2=O)CCO1. The average molecular weight is 441 g/mol. The number of para-hydroxylation sites is 1. The number of aromatic nitrogens is 3. The van der Waals surface area contributed by atoms with Crippen LogP contribution in [0.2, 0.25) is 0 Å². The molecule has 0 spiro atoms. The maximum Gasteiger partial charge on any atom is 0.270 e. The molecular weight excluding hydrogens is 416 g/mol. The topological polar surface area (TPSA) is 109 Å². The Hall–Kier alpha value is -2.78. The predicted molar refractivity (Wildman–Crippen MR) is 121 cm³/mol. The van der Waals surface area contributed by atoms with Gasteiger partial charge in [0.25, 0.3) is 11.1 Å². The number of carbonyl (C=O) groups is 1. The minimum absolute atomic E-state index is 0.0147. The lowest BCUT2D eigenvalue weighted by Crippen LogP contribution is -2.36. The number of amides is 1. The van der Waals surface area contributed by atoms with Crippen LogP contribution in [0, 0.1) is 0 Å². The number of pyridine rings is 1. The summed E-state index contributed by atoms with van der Waals surface area (Å²) in [6.45, 7) is 4.61. The third kappa shape index (κ3) is 3.61. The van der Waals surface area contributed by atoms with Gasteiger partial charge in [0.15, 0.2) is 0 Å². The molecule has 1 saturated heterocycles. The Morgan fingerprint density at radius 1 is 1.16 bits per heavy atom. The first-order valence-electron chi connectivity index (χ1n) is 10.3. The summed E-state index contributed by atoms with van der Waals surface area (Å²) >= 11 is 1.29. The molecule has 0 unspecified atom stereocenters. The first-order valence-corrected chi connectivity index (χ1v) is 11.4. The highest BCUT2D eigenvalue weighted by Crippen LogP contribution is 2.41. The number of thioether (sulfide) groups is 1. The second-order valence-electron chi connectivity index (χ2n) is 8.71. The summed E-state index contributed by atoms with van der Waals surface area (Å²) in [6, 6.07) is 9.32. The minimum atomic E-state index is -0.555. The van der Waals surface area contributed by atoms with Gasteiger partial charge in [-0.2, -0.15) is 0 Å². The van der Waals surface area contributed by atoms with E-state index in [0.29, 0.717) is 30.0 Å². The molecule has 8 nitrogen and oxygen atoms in total. The second kappa shape index (κ2) is 7.42. The lowest BCUT2D eigenvalue weighted by Gasteiger charge is -2.36. The van der Waals surface area contributed by atoms with Gasteiger partial charge >= 0.3 is 0 Å². The molecule has 0 aliphatic carbocycles. The van der Waals surface area contributed by atoms with Gasteiger partial charge in [0, 0.05) is 17.7 Å². The number of aromatic amines is 2. The molecule has 9 heteroatoms. The van der Waals surface area contributed by atoms with Crippen molar-refractivity contribution in [2.24, 2.45) is 0 Å². The highest BCUT2D eigenvalue weighted by molar-refractivity contribution is 8.00. The maximum absolute atomic E-state index is 13.1. The fourth-order valence-electron chi connectivity index (χ4n) is 4.54. The van der Waals surface area contributed by atoms with Crippen molar-refractivity contribution >= 4 is 34.4 Å². The Bertz CT molecular complexity index is 1290. The summed E-state index contributed by atoms with van der Waals surface area (Å²) in [7, 11) is 0. The van der Waals surface area contributed by atoms with E-state index in [9.17, 15) is 14.4 Å². The van der Waals surface area contributed by atoms with E-state index >= 15 is 0 Å². The van der Waals surface area contributed by atoms with Gasteiger partial charge in [-0.25, -0.2) is 0 Å². The highest BCUT2D eigenvalue weighted by Gasteiger charge is 2.36. The lowest BCUT2D eigenvalue weighted by atomic mass is 9.94. The van der Waals surface area contributed by atoms with Crippen molar-refractivity contribution in [1.82, 2.24) is 14.8 Å². The number of nitrogens with zero attached hydrogens (tertiary/aromatic N) is 1. The van der Waals surface area contributed by atoms with Gasteiger partial charge in [0.2, 0.25) is 5.91 Å². The molecule has 2 atom stereocenters. The van der Waals surface area contributed by atoms with Crippen LogP contribution < -0.4 is 16.4 Å². The van der Waals surface area contributed by atoms with Crippen LogP contribution in [0.25, 0.3) is 10.9 Å². The molecule has 3 N–H and O–H groups in total. The number of carbonyl (C=O) groups excluding carboxylic acids is 1. The van der Waals surface area contributed by atoms with E-state index in [-0.39, 0.29) is 34.4 Å². The summed E-state index contributed by atoms with van der Waals surface area (Å²) in [5.41, 5.74) is 0.760. The molecule has 2 aliphatic rings. The number of ether oxygens (including phenoxy) is 1. The third-order valence-corrected chi connectivity index (χ3v) is 7.22. The van der Waals surface area contributed by atoms with Crippen LogP contribution in [0.4, 0.5) is 5.82 Å². The van der Waals surface area contributed by atoms with Crippen LogP contribution in [0.3, 0.4) is 0 Å². The van der Waals surface area contributed by atoms with E-state index in [1.54, 1.807) is 4.68 Å².